The second kappa shape index (κ2) is 8.04. The smallest absolute Gasteiger partial charge is 0.363 e. The Labute approximate surface area is 181 Å². The molecule has 2 N–H and O–H groups in total. The quantitative estimate of drug-likeness (QED) is 0.557. The van der Waals surface area contributed by atoms with Gasteiger partial charge < -0.3 is 9.73 Å². The molecule has 5 rings (SSSR count). The first-order chi connectivity index (χ1) is 15.0. The molecular weight excluding hydrogens is 412 g/mol. The monoisotopic (exact) mass is 438 g/mol. The van der Waals surface area contributed by atoms with E-state index in [1.807, 2.05) is 18.2 Å². The third-order valence-corrected chi connectivity index (χ3v) is 7.73. The molecule has 0 radical (unpaired) electrons. The molecule has 7 heteroatoms. The molecular formula is C24H26N2O4S. The molecule has 0 unspecified atom stereocenters. The van der Waals surface area contributed by atoms with Crippen LogP contribution in [0.25, 0.3) is 11.0 Å². The molecule has 1 fully saturated rings. The summed E-state index contributed by atoms with van der Waals surface area (Å²) in [6.45, 7) is 0. The molecule has 0 saturated heterocycles. The first-order valence-corrected chi connectivity index (χ1v) is 12.5. The second-order valence-corrected chi connectivity index (χ2v) is 10.2. The van der Waals surface area contributed by atoms with E-state index in [1.54, 1.807) is 24.3 Å². The number of hydrogen-bond donors (Lipinski definition) is 2. The molecule has 31 heavy (non-hydrogen) atoms. The topological polar surface area (TPSA) is 88.4 Å². The summed E-state index contributed by atoms with van der Waals surface area (Å²) >= 11 is 0. The van der Waals surface area contributed by atoms with E-state index in [0.717, 1.165) is 56.9 Å². The largest absolute Gasteiger partial charge is 0.421 e. The maximum Gasteiger partial charge on any atom is 0.363 e. The first-order valence-electron chi connectivity index (χ1n) is 11.0. The summed E-state index contributed by atoms with van der Waals surface area (Å²) in [4.78, 5) is 13.0. The van der Waals surface area contributed by atoms with Crippen LogP contribution in [0.5, 0.6) is 0 Å². The summed E-state index contributed by atoms with van der Waals surface area (Å²) in [5.74, 6) is 0. The molecule has 0 bridgehead atoms. The van der Waals surface area contributed by atoms with Crippen LogP contribution < -0.4 is 15.7 Å². The van der Waals surface area contributed by atoms with E-state index < -0.39 is 15.6 Å². The van der Waals surface area contributed by atoms with Crippen LogP contribution in [0.3, 0.4) is 0 Å². The Balaban J connectivity index is 1.57. The van der Waals surface area contributed by atoms with Gasteiger partial charge in [0.1, 0.15) is 5.58 Å². The fourth-order valence-corrected chi connectivity index (χ4v) is 5.85. The van der Waals surface area contributed by atoms with Gasteiger partial charge >= 0.3 is 5.63 Å². The van der Waals surface area contributed by atoms with E-state index in [4.69, 9.17) is 4.42 Å². The Hall–Kier alpha value is -2.80. The fraction of sp³-hybridized carbons (Fsp3) is 0.375. The van der Waals surface area contributed by atoms with E-state index in [0.29, 0.717) is 16.7 Å². The van der Waals surface area contributed by atoms with Gasteiger partial charge in [-0.25, -0.2) is 13.2 Å². The first kappa shape index (κ1) is 20.1. The summed E-state index contributed by atoms with van der Waals surface area (Å²) in [7, 11) is -3.94. The van der Waals surface area contributed by atoms with Gasteiger partial charge in [-0.1, -0.05) is 31.0 Å². The van der Waals surface area contributed by atoms with Crippen LogP contribution in [-0.4, -0.2) is 14.5 Å². The zero-order valence-corrected chi connectivity index (χ0v) is 18.1. The number of hydrogen-bond acceptors (Lipinski definition) is 5. The minimum absolute atomic E-state index is 0.0525. The van der Waals surface area contributed by atoms with Gasteiger partial charge in [-0.2, -0.15) is 0 Å². The lowest BCUT2D eigenvalue weighted by atomic mass is 9.92. The molecule has 6 nitrogen and oxygen atoms in total. The van der Waals surface area contributed by atoms with Gasteiger partial charge in [0, 0.05) is 11.4 Å². The van der Waals surface area contributed by atoms with Crippen LogP contribution in [0.1, 0.15) is 49.7 Å². The van der Waals surface area contributed by atoms with E-state index in [-0.39, 0.29) is 16.6 Å². The lowest BCUT2D eigenvalue weighted by molar-refractivity contribution is 0.562. The van der Waals surface area contributed by atoms with Gasteiger partial charge in [0.25, 0.3) is 10.0 Å². The standard InChI is InChI=1S/C24H26N2O4S/c27-24-23(26-31(28,29)19-14-13-16-7-1-2-8-17(16)15-19)22(25-18-9-3-4-10-18)20-11-5-6-12-21(20)30-24/h5-6,11-15,18,25-26H,1-4,7-10H2. The molecule has 2 aliphatic carbocycles. The van der Waals surface area contributed by atoms with Crippen molar-refractivity contribution in [2.24, 2.45) is 0 Å². The van der Waals surface area contributed by atoms with Gasteiger partial charge in [-0.3, -0.25) is 4.72 Å². The van der Waals surface area contributed by atoms with Crippen molar-refractivity contribution in [3.8, 4) is 0 Å². The minimum Gasteiger partial charge on any atom is -0.421 e. The van der Waals surface area contributed by atoms with Gasteiger partial charge in [-0.15, -0.1) is 0 Å². The summed E-state index contributed by atoms with van der Waals surface area (Å²) in [5.41, 5.74) is 2.47. The predicted molar refractivity (Wildman–Crippen MR) is 122 cm³/mol. The van der Waals surface area contributed by atoms with Crippen LogP contribution in [0, 0.1) is 0 Å². The van der Waals surface area contributed by atoms with Crippen molar-refractivity contribution in [1.82, 2.24) is 0 Å². The number of para-hydroxylation sites is 1. The molecule has 162 valence electrons. The summed E-state index contributed by atoms with van der Waals surface area (Å²) < 4.78 is 34.5. The van der Waals surface area contributed by atoms with Crippen molar-refractivity contribution in [3.05, 3.63) is 64.0 Å². The molecule has 0 atom stereocenters. The Kier molecular flexibility index (Phi) is 5.22. The predicted octanol–water partition coefficient (Wildman–Crippen LogP) is 4.83. The van der Waals surface area contributed by atoms with Gasteiger partial charge in [0.15, 0.2) is 5.69 Å². The van der Waals surface area contributed by atoms with Gasteiger partial charge in [0.2, 0.25) is 0 Å². The molecule has 0 aliphatic heterocycles. The number of sulfonamides is 1. The maximum atomic E-state index is 13.2. The summed E-state index contributed by atoms with van der Waals surface area (Å²) in [5, 5.41) is 4.12. The van der Waals surface area contributed by atoms with Crippen molar-refractivity contribution in [1.29, 1.82) is 0 Å². The molecule has 1 aromatic heterocycles. The van der Waals surface area contributed by atoms with Crippen molar-refractivity contribution >= 4 is 32.4 Å². The Morgan fingerprint density at radius 2 is 1.61 bits per heavy atom. The number of rotatable bonds is 5. The summed E-state index contributed by atoms with van der Waals surface area (Å²) in [6, 6.07) is 12.7. The number of fused-ring (bicyclic) bond motifs is 2. The fourth-order valence-electron chi connectivity index (χ4n) is 4.74. The molecule has 2 aliphatic rings. The SMILES string of the molecule is O=c1oc2ccccc2c(NC2CCCC2)c1NS(=O)(=O)c1ccc2c(c1)CCCC2. The van der Waals surface area contributed by atoms with Crippen molar-refractivity contribution in [3.63, 3.8) is 0 Å². The normalized spacial score (nSPS) is 16.9. The highest BCUT2D eigenvalue weighted by Gasteiger charge is 2.25. The average molecular weight is 439 g/mol. The number of anilines is 2. The number of benzene rings is 2. The summed E-state index contributed by atoms with van der Waals surface area (Å²) in [6.07, 6.45) is 8.27. The van der Waals surface area contributed by atoms with Crippen LogP contribution in [-0.2, 0) is 22.9 Å². The zero-order valence-electron chi connectivity index (χ0n) is 17.3. The van der Waals surface area contributed by atoms with E-state index >= 15 is 0 Å². The van der Waals surface area contributed by atoms with Gasteiger partial charge in [0.05, 0.1) is 10.6 Å². The molecule has 3 aromatic rings. The molecule has 0 spiro atoms. The lowest BCUT2D eigenvalue weighted by Crippen LogP contribution is -2.23. The highest BCUT2D eigenvalue weighted by atomic mass is 32.2. The van der Waals surface area contributed by atoms with Crippen molar-refractivity contribution in [2.75, 3.05) is 10.0 Å². The van der Waals surface area contributed by atoms with Crippen LogP contribution in [0.4, 0.5) is 11.4 Å². The maximum absolute atomic E-state index is 13.2. The zero-order chi connectivity index (χ0) is 21.4. The van der Waals surface area contributed by atoms with Crippen molar-refractivity contribution in [2.45, 2.75) is 62.3 Å². The molecule has 1 heterocycles. The second-order valence-electron chi connectivity index (χ2n) is 8.50. The Bertz CT molecular complexity index is 1290. The molecule has 2 aromatic carbocycles. The van der Waals surface area contributed by atoms with Gasteiger partial charge in [-0.05, 0) is 73.9 Å². The third-order valence-electron chi connectivity index (χ3n) is 6.38. The Morgan fingerprint density at radius 1 is 0.871 bits per heavy atom. The number of aryl methyl sites for hydroxylation is 2. The minimum atomic E-state index is -3.94. The van der Waals surface area contributed by atoms with E-state index in [9.17, 15) is 13.2 Å². The lowest BCUT2D eigenvalue weighted by Gasteiger charge is -2.20. The third kappa shape index (κ3) is 3.94. The van der Waals surface area contributed by atoms with E-state index in [2.05, 4.69) is 10.0 Å². The van der Waals surface area contributed by atoms with Crippen LogP contribution in [0.15, 0.2) is 56.6 Å². The number of nitrogens with one attached hydrogen (secondary N) is 2. The van der Waals surface area contributed by atoms with Crippen LogP contribution in [0.2, 0.25) is 0 Å². The van der Waals surface area contributed by atoms with Crippen LogP contribution >= 0.6 is 0 Å². The highest BCUT2D eigenvalue weighted by Crippen LogP contribution is 2.33. The molecule has 0 amide bonds. The molecule has 1 saturated carbocycles. The van der Waals surface area contributed by atoms with Crippen molar-refractivity contribution < 1.29 is 12.8 Å². The van der Waals surface area contributed by atoms with E-state index in [1.165, 1.54) is 5.56 Å². The highest BCUT2D eigenvalue weighted by molar-refractivity contribution is 7.92. The average Bonchev–Trinajstić information content (AvgIpc) is 3.29. The Morgan fingerprint density at radius 3 is 2.42 bits per heavy atom.